The highest BCUT2D eigenvalue weighted by Crippen LogP contribution is 2.27. The molecule has 1 aliphatic carbocycles. The summed E-state index contributed by atoms with van der Waals surface area (Å²) in [7, 11) is 0. The van der Waals surface area contributed by atoms with E-state index in [0.29, 0.717) is 0 Å². The monoisotopic (exact) mass is 290 g/mol. The molecule has 0 spiro atoms. The van der Waals surface area contributed by atoms with Crippen molar-refractivity contribution in [1.29, 1.82) is 0 Å². The lowest BCUT2D eigenvalue weighted by atomic mass is 9.82. The van der Waals surface area contributed by atoms with E-state index in [-0.39, 0.29) is 11.5 Å². The van der Waals surface area contributed by atoms with Crippen LogP contribution in [0.4, 0.5) is 5.69 Å². The molecule has 0 bridgehead atoms. The van der Waals surface area contributed by atoms with Crippen LogP contribution in [0.1, 0.15) is 52.9 Å². The van der Waals surface area contributed by atoms with E-state index >= 15 is 0 Å². The lowest BCUT2D eigenvalue weighted by molar-refractivity contribution is -0.122. The predicted molar refractivity (Wildman–Crippen MR) is 85.5 cm³/mol. The van der Waals surface area contributed by atoms with Crippen LogP contribution in [0.15, 0.2) is 24.3 Å². The van der Waals surface area contributed by atoms with Gasteiger partial charge >= 0.3 is 0 Å². The third-order valence-electron chi connectivity index (χ3n) is 3.73. The molecule has 1 amide bonds. The standard InChI is InChI=1S/C17H26N2O2/c1-16(2,3)21-14-9-7-13(8-10-14)19-15(20)17(18)11-5-4-6-12-17/h7-10H,4-6,11-12,18H2,1-3H3,(H,19,20). The van der Waals surface area contributed by atoms with Gasteiger partial charge < -0.3 is 15.8 Å². The summed E-state index contributed by atoms with van der Waals surface area (Å²) in [4.78, 5) is 12.3. The number of carbonyl (C=O) groups is 1. The van der Waals surface area contributed by atoms with Crippen LogP contribution in [0.5, 0.6) is 5.75 Å². The summed E-state index contributed by atoms with van der Waals surface area (Å²) in [5.41, 5.74) is 6.05. The minimum absolute atomic E-state index is 0.0771. The molecule has 21 heavy (non-hydrogen) atoms. The van der Waals surface area contributed by atoms with E-state index in [0.717, 1.165) is 37.1 Å². The molecule has 4 heteroatoms. The smallest absolute Gasteiger partial charge is 0.244 e. The molecule has 2 rings (SSSR count). The Bertz CT molecular complexity index is 483. The first-order chi connectivity index (χ1) is 9.78. The van der Waals surface area contributed by atoms with Gasteiger partial charge in [-0.1, -0.05) is 19.3 Å². The van der Waals surface area contributed by atoms with Crippen LogP contribution in [-0.2, 0) is 4.79 Å². The quantitative estimate of drug-likeness (QED) is 0.896. The Kier molecular flexibility index (Phi) is 4.57. The molecule has 1 aromatic carbocycles. The van der Waals surface area contributed by atoms with Crippen LogP contribution < -0.4 is 15.8 Å². The topological polar surface area (TPSA) is 64.3 Å². The van der Waals surface area contributed by atoms with Crippen molar-refractivity contribution < 1.29 is 9.53 Å². The summed E-state index contributed by atoms with van der Waals surface area (Å²) in [5.74, 6) is 0.715. The van der Waals surface area contributed by atoms with E-state index < -0.39 is 5.54 Å². The van der Waals surface area contributed by atoms with Crippen molar-refractivity contribution >= 4 is 11.6 Å². The zero-order valence-corrected chi connectivity index (χ0v) is 13.2. The number of hydrogen-bond acceptors (Lipinski definition) is 3. The van der Waals surface area contributed by atoms with Crippen LogP contribution in [0.3, 0.4) is 0 Å². The largest absolute Gasteiger partial charge is 0.488 e. The summed E-state index contributed by atoms with van der Waals surface area (Å²) >= 11 is 0. The van der Waals surface area contributed by atoms with Crippen LogP contribution in [0, 0.1) is 0 Å². The Morgan fingerprint density at radius 3 is 2.24 bits per heavy atom. The van der Waals surface area contributed by atoms with E-state index in [2.05, 4.69) is 5.32 Å². The Morgan fingerprint density at radius 2 is 1.71 bits per heavy atom. The van der Waals surface area contributed by atoms with E-state index in [9.17, 15) is 4.79 Å². The molecular weight excluding hydrogens is 264 g/mol. The molecule has 0 aliphatic heterocycles. The molecular formula is C17H26N2O2. The van der Waals surface area contributed by atoms with Crippen molar-refractivity contribution in [1.82, 2.24) is 0 Å². The van der Waals surface area contributed by atoms with Gasteiger partial charge in [-0.15, -0.1) is 0 Å². The number of carbonyl (C=O) groups excluding carboxylic acids is 1. The van der Waals surface area contributed by atoms with Crippen LogP contribution >= 0.6 is 0 Å². The van der Waals surface area contributed by atoms with E-state index in [4.69, 9.17) is 10.5 Å². The van der Waals surface area contributed by atoms with Crippen molar-refractivity contribution in [3.63, 3.8) is 0 Å². The van der Waals surface area contributed by atoms with E-state index in [1.165, 1.54) is 6.42 Å². The number of hydrogen-bond donors (Lipinski definition) is 2. The summed E-state index contributed by atoms with van der Waals surface area (Å²) in [5, 5.41) is 2.92. The zero-order valence-electron chi connectivity index (χ0n) is 13.2. The second-order valence-electron chi connectivity index (χ2n) is 6.91. The van der Waals surface area contributed by atoms with Gasteiger partial charge in [-0.2, -0.15) is 0 Å². The first-order valence-electron chi connectivity index (χ1n) is 7.68. The van der Waals surface area contributed by atoms with Gasteiger partial charge in [0.15, 0.2) is 0 Å². The number of anilines is 1. The van der Waals surface area contributed by atoms with Gasteiger partial charge in [-0.05, 0) is 57.9 Å². The molecule has 0 radical (unpaired) electrons. The van der Waals surface area contributed by atoms with Crippen molar-refractivity contribution in [3.05, 3.63) is 24.3 Å². The van der Waals surface area contributed by atoms with Crippen LogP contribution in [0.25, 0.3) is 0 Å². The number of benzene rings is 1. The highest BCUT2D eigenvalue weighted by Gasteiger charge is 2.35. The molecule has 1 fully saturated rings. The fourth-order valence-corrected chi connectivity index (χ4v) is 2.63. The predicted octanol–water partition coefficient (Wildman–Crippen LogP) is 3.46. The molecule has 1 aliphatic rings. The maximum atomic E-state index is 12.3. The summed E-state index contributed by atoms with van der Waals surface area (Å²) in [6.45, 7) is 6.01. The second-order valence-corrected chi connectivity index (χ2v) is 6.91. The second kappa shape index (κ2) is 6.06. The molecule has 0 unspecified atom stereocenters. The van der Waals surface area contributed by atoms with Gasteiger partial charge in [-0.25, -0.2) is 0 Å². The molecule has 116 valence electrons. The third kappa shape index (κ3) is 4.46. The number of ether oxygens (including phenoxy) is 1. The molecule has 1 saturated carbocycles. The lowest BCUT2D eigenvalue weighted by Gasteiger charge is -2.31. The number of amides is 1. The lowest BCUT2D eigenvalue weighted by Crippen LogP contribution is -2.52. The van der Waals surface area contributed by atoms with Gasteiger partial charge in [0, 0.05) is 5.69 Å². The van der Waals surface area contributed by atoms with Gasteiger partial charge in [-0.3, -0.25) is 4.79 Å². The summed E-state index contributed by atoms with van der Waals surface area (Å²) < 4.78 is 5.76. The van der Waals surface area contributed by atoms with Gasteiger partial charge in [0.1, 0.15) is 11.4 Å². The van der Waals surface area contributed by atoms with Crippen molar-refractivity contribution in [3.8, 4) is 5.75 Å². The van der Waals surface area contributed by atoms with Gasteiger partial charge in [0.25, 0.3) is 0 Å². The molecule has 0 atom stereocenters. The van der Waals surface area contributed by atoms with E-state index in [1.807, 2.05) is 45.0 Å². The highest BCUT2D eigenvalue weighted by molar-refractivity contribution is 5.98. The molecule has 1 aromatic rings. The average molecular weight is 290 g/mol. The first kappa shape index (κ1) is 15.8. The minimum Gasteiger partial charge on any atom is -0.488 e. The van der Waals surface area contributed by atoms with Crippen LogP contribution in [0.2, 0.25) is 0 Å². The Hall–Kier alpha value is -1.55. The fourth-order valence-electron chi connectivity index (χ4n) is 2.63. The third-order valence-corrected chi connectivity index (χ3v) is 3.73. The number of rotatable bonds is 3. The SMILES string of the molecule is CC(C)(C)Oc1ccc(NC(=O)C2(N)CCCCC2)cc1. The van der Waals surface area contributed by atoms with Crippen LogP contribution in [-0.4, -0.2) is 17.0 Å². The van der Waals surface area contributed by atoms with Crippen molar-refractivity contribution in [2.24, 2.45) is 5.73 Å². The Balaban J connectivity index is 1.98. The molecule has 0 heterocycles. The molecule has 0 saturated heterocycles. The Labute approximate surface area is 127 Å². The highest BCUT2D eigenvalue weighted by atomic mass is 16.5. The fraction of sp³-hybridized carbons (Fsp3) is 0.588. The summed E-state index contributed by atoms with van der Waals surface area (Å²) in [6, 6.07) is 7.44. The number of nitrogens with one attached hydrogen (secondary N) is 1. The zero-order chi connectivity index (χ0) is 15.5. The molecule has 0 aromatic heterocycles. The van der Waals surface area contributed by atoms with Gasteiger partial charge in [0.05, 0.1) is 5.54 Å². The van der Waals surface area contributed by atoms with E-state index in [1.54, 1.807) is 0 Å². The first-order valence-corrected chi connectivity index (χ1v) is 7.68. The average Bonchev–Trinajstić information content (AvgIpc) is 2.40. The maximum absolute atomic E-state index is 12.3. The molecule has 3 N–H and O–H groups in total. The number of nitrogens with two attached hydrogens (primary N) is 1. The van der Waals surface area contributed by atoms with Gasteiger partial charge in [0.2, 0.25) is 5.91 Å². The Morgan fingerprint density at radius 1 is 1.14 bits per heavy atom. The molecule has 4 nitrogen and oxygen atoms in total. The van der Waals surface area contributed by atoms with Crippen molar-refractivity contribution in [2.75, 3.05) is 5.32 Å². The maximum Gasteiger partial charge on any atom is 0.244 e. The summed E-state index contributed by atoms with van der Waals surface area (Å²) in [6.07, 6.45) is 4.77. The minimum atomic E-state index is -0.709. The van der Waals surface area contributed by atoms with Crippen molar-refractivity contribution in [2.45, 2.75) is 64.0 Å². The normalized spacial score (nSPS) is 18.1.